The summed E-state index contributed by atoms with van der Waals surface area (Å²) in [5.74, 6) is 0. The smallest absolute Gasteiger partial charge is 0.0932 e. The van der Waals surface area contributed by atoms with Crippen LogP contribution in [-0.4, -0.2) is 19.2 Å². The molecule has 4 heteroatoms. The summed E-state index contributed by atoms with van der Waals surface area (Å²) in [6, 6.07) is 3.95. The molecule has 1 N–H and O–H groups in total. The second-order valence-electron chi connectivity index (χ2n) is 3.49. The Kier molecular flexibility index (Phi) is 3.81. The van der Waals surface area contributed by atoms with Gasteiger partial charge in [0.25, 0.3) is 0 Å². The number of nitrogens with one attached hydrogen (secondary N) is 1. The zero-order valence-corrected chi connectivity index (χ0v) is 9.53. The minimum Gasteiger partial charge on any atom is -0.371 e. The van der Waals surface area contributed by atoms with Crippen LogP contribution in [-0.2, 0) is 11.3 Å². The molecule has 2 rings (SSSR count). The van der Waals surface area contributed by atoms with Crippen LogP contribution >= 0.6 is 22.9 Å². The molecule has 1 fully saturated rings. The largest absolute Gasteiger partial charge is 0.371 e. The van der Waals surface area contributed by atoms with E-state index in [0.717, 1.165) is 17.4 Å². The number of rotatable bonds is 3. The van der Waals surface area contributed by atoms with E-state index in [-0.39, 0.29) is 0 Å². The lowest BCUT2D eigenvalue weighted by molar-refractivity contribution is 0.0267. The van der Waals surface area contributed by atoms with Crippen LogP contribution in [0.3, 0.4) is 0 Å². The summed E-state index contributed by atoms with van der Waals surface area (Å²) in [6.45, 7) is 2.81. The molecular weight excluding hydrogens is 218 g/mol. The summed E-state index contributed by atoms with van der Waals surface area (Å²) in [6.07, 6.45) is 2.77. The van der Waals surface area contributed by atoms with Crippen LogP contribution in [0, 0.1) is 0 Å². The number of halogens is 1. The monoisotopic (exact) mass is 231 g/mol. The number of hydrogen-bond acceptors (Lipinski definition) is 3. The Morgan fingerprint density at radius 2 is 2.50 bits per heavy atom. The van der Waals surface area contributed by atoms with Crippen molar-refractivity contribution in [3.8, 4) is 0 Å². The Labute approximate surface area is 93.2 Å². The van der Waals surface area contributed by atoms with Gasteiger partial charge in [-0.3, -0.25) is 0 Å². The first-order valence-corrected chi connectivity index (χ1v) is 6.10. The first-order chi connectivity index (χ1) is 6.84. The Hall–Kier alpha value is -0.0900. The number of ether oxygens (including phenoxy) is 1. The van der Waals surface area contributed by atoms with E-state index in [0.29, 0.717) is 12.7 Å². The third-order valence-electron chi connectivity index (χ3n) is 2.34. The molecule has 0 aliphatic carbocycles. The summed E-state index contributed by atoms with van der Waals surface area (Å²) < 4.78 is 6.61. The van der Waals surface area contributed by atoms with Gasteiger partial charge in [0.05, 0.1) is 17.0 Å². The van der Waals surface area contributed by atoms with E-state index in [9.17, 15) is 0 Å². The fourth-order valence-corrected chi connectivity index (χ4v) is 2.60. The molecule has 0 spiro atoms. The van der Waals surface area contributed by atoms with E-state index in [1.807, 2.05) is 12.1 Å². The third kappa shape index (κ3) is 2.95. The average Bonchev–Trinajstić information content (AvgIpc) is 2.63. The first-order valence-electron chi connectivity index (χ1n) is 4.91. The van der Waals surface area contributed by atoms with Crippen molar-refractivity contribution in [2.24, 2.45) is 0 Å². The molecule has 1 aliphatic rings. The van der Waals surface area contributed by atoms with Gasteiger partial charge in [-0.05, 0) is 31.5 Å². The maximum Gasteiger partial charge on any atom is 0.0932 e. The van der Waals surface area contributed by atoms with Gasteiger partial charge in [-0.2, -0.15) is 0 Å². The van der Waals surface area contributed by atoms with Crippen LogP contribution in [0.5, 0.6) is 0 Å². The van der Waals surface area contributed by atoms with E-state index >= 15 is 0 Å². The van der Waals surface area contributed by atoms with Crippen LogP contribution in [0.25, 0.3) is 0 Å². The minimum atomic E-state index is 0.379. The fourth-order valence-electron chi connectivity index (χ4n) is 1.59. The van der Waals surface area contributed by atoms with Crippen molar-refractivity contribution < 1.29 is 4.74 Å². The van der Waals surface area contributed by atoms with Gasteiger partial charge in [0.1, 0.15) is 0 Å². The Bertz CT molecular complexity index is 283. The van der Waals surface area contributed by atoms with Crippen LogP contribution < -0.4 is 5.32 Å². The van der Waals surface area contributed by atoms with Gasteiger partial charge >= 0.3 is 0 Å². The van der Waals surface area contributed by atoms with E-state index in [1.54, 1.807) is 11.3 Å². The molecule has 1 saturated heterocycles. The van der Waals surface area contributed by atoms with Crippen LogP contribution in [0.4, 0.5) is 0 Å². The lowest BCUT2D eigenvalue weighted by atomic mass is 10.1. The highest BCUT2D eigenvalue weighted by molar-refractivity contribution is 7.16. The Morgan fingerprint density at radius 3 is 3.14 bits per heavy atom. The second kappa shape index (κ2) is 5.12. The molecule has 0 amide bonds. The van der Waals surface area contributed by atoms with Gasteiger partial charge in [-0.15, -0.1) is 11.3 Å². The number of hydrogen-bond donors (Lipinski definition) is 1. The van der Waals surface area contributed by atoms with Gasteiger partial charge in [-0.1, -0.05) is 11.6 Å². The summed E-state index contributed by atoms with van der Waals surface area (Å²) in [5.41, 5.74) is 0. The molecular formula is C10H14ClNOS. The summed E-state index contributed by atoms with van der Waals surface area (Å²) in [7, 11) is 0. The fraction of sp³-hybridized carbons (Fsp3) is 0.600. The predicted molar refractivity (Wildman–Crippen MR) is 60.0 cm³/mol. The summed E-state index contributed by atoms with van der Waals surface area (Å²) >= 11 is 7.43. The molecule has 1 aromatic heterocycles. The SMILES string of the molecule is Clc1ccc(CO[C@H]2CCCNC2)s1. The van der Waals surface area contributed by atoms with Gasteiger partial charge in [0.15, 0.2) is 0 Å². The topological polar surface area (TPSA) is 21.3 Å². The summed E-state index contributed by atoms with van der Waals surface area (Å²) in [5, 5.41) is 3.33. The zero-order chi connectivity index (χ0) is 9.80. The van der Waals surface area contributed by atoms with Gasteiger partial charge in [-0.25, -0.2) is 0 Å². The maximum atomic E-state index is 5.83. The standard InChI is InChI=1S/C10H14ClNOS/c11-10-4-3-9(14-10)7-13-8-2-1-5-12-6-8/h3-4,8,12H,1-2,5-7H2/t8-/m0/s1. The predicted octanol–water partition coefficient (Wildman–Crippen LogP) is 2.67. The lowest BCUT2D eigenvalue weighted by Gasteiger charge is -2.22. The molecule has 78 valence electrons. The van der Waals surface area contributed by atoms with Crippen molar-refractivity contribution in [3.05, 3.63) is 21.3 Å². The molecule has 1 aliphatic heterocycles. The highest BCUT2D eigenvalue weighted by Gasteiger charge is 2.13. The molecule has 2 nitrogen and oxygen atoms in total. The van der Waals surface area contributed by atoms with Crippen molar-refractivity contribution >= 4 is 22.9 Å². The lowest BCUT2D eigenvalue weighted by Crippen LogP contribution is -2.35. The molecule has 0 radical (unpaired) electrons. The number of thiophene rings is 1. The molecule has 0 bridgehead atoms. The normalized spacial score (nSPS) is 22.5. The molecule has 14 heavy (non-hydrogen) atoms. The Morgan fingerprint density at radius 1 is 1.57 bits per heavy atom. The second-order valence-corrected chi connectivity index (χ2v) is 5.28. The first kappa shape index (κ1) is 10.4. The van der Waals surface area contributed by atoms with Crippen molar-refractivity contribution in [3.63, 3.8) is 0 Å². The van der Waals surface area contributed by atoms with Crippen LogP contribution in [0.15, 0.2) is 12.1 Å². The van der Waals surface area contributed by atoms with E-state index < -0.39 is 0 Å². The zero-order valence-electron chi connectivity index (χ0n) is 7.96. The van der Waals surface area contributed by atoms with E-state index in [4.69, 9.17) is 16.3 Å². The van der Waals surface area contributed by atoms with Gasteiger partial charge in [0, 0.05) is 11.4 Å². The van der Waals surface area contributed by atoms with Crippen LogP contribution in [0.2, 0.25) is 4.34 Å². The Balaban J connectivity index is 1.76. The van der Waals surface area contributed by atoms with Crippen LogP contribution in [0.1, 0.15) is 17.7 Å². The third-order valence-corrected chi connectivity index (χ3v) is 3.55. The van der Waals surface area contributed by atoms with Crippen molar-refractivity contribution in [1.29, 1.82) is 0 Å². The minimum absolute atomic E-state index is 0.379. The van der Waals surface area contributed by atoms with Gasteiger partial charge < -0.3 is 10.1 Å². The quantitative estimate of drug-likeness (QED) is 0.864. The highest BCUT2D eigenvalue weighted by atomic mass is 35.5. The maximum absolute atomic E-state index is 5.83. The molecule has 2 heterocycles. The van der Waals surface area contributed by atoms with Crippen molar-refractivity contribution in [1.82, 2.24) is 5.32 Å². The highest BCUT2D eigenvalue weighted by Crippen LogP contribution is 2.22. The average molecular weight is 232 g/mol. The molecule has 1 aromatic rings. The molecule has 1 atom stereocenters. The van der Waals surface area contributed by atoms with Crippen molar-refractivity contribution in [2.45, 2.75) is 25.6 Å². The van der Waals surface area contributed by atoms with E-state index in [2.05, 4.69) is 5.32 Å². The molecule has 0 saturated carbocycles. The number of piperidine rings is 1. The molecule has 0 unspecified atom stereocenters. The van der Waals surface area contributed by atoms with Crippen molar-refractivity contribution in [2.75, 3.05) is 13.1 Å². The van der Waals surface area contributed by atoms with E-state index in [1.165, 1.54) is 17.7 Å². The van der Waals surface area contributed by atoms with Gasteiger partial charge in [0.2, 0.25) is 0 Å². The summed E-state index contributed by atoms with van der Waals surface area (Å²) in [4.78, 5) is 1.21. The molecule has 0 aromatic carbocycles.